The van der Waals surface area contributed by atoms with Crippen molar-refractivity contribution in [2.24, 2.45) is 11.8 Å². The number of methoxy groups -OCH3 is 2. The fourth-order valence-corrected chi connectivity index (χ4v) is 2.48. The van der Waals surface area contributed by atoms with Crippen molar-refractivity contribution in [2.45, 2.75) is 32.8 Å². The third-order valence-electron chi connectivity index (χ3n) is 3.95. The van der Waals surface area contributed by atoms with Gasteiger partial charge in [0.15, 0.2) is 11.5 Å². The number of ether oxygens (including phenoxy) is 2. The van der Waals surface area contributed by atoms with Gasteiger partial charge in [0.05, 0.1) is 20.3 Å². The van der Waals surface area contributed by atoms with Crippen LogP contribution in [-0.2, 0) is 0 Å². The molecule has 0 saturated heterocycles. The second-order valence-electron chi connectivity index (χ2n) is 5.21. The number of rotatable bonds is 5. The van der Waals surface area contributed by atoms with E-state index < -0.39 is 6.10 Å². The highest BCUT2D eigenvalue weighted by Crippen LogP contribution is 2.44. The van der Waals surface area contributed by atoms with Gasteiger partial charge in [-0.25, -0.2) is 0 Å². The Bertz CT molecular complexity index is 424. The molecule has 0 radical (unpaired) electrons. The highest BCUT2D eigenvalue weighted by Gasteiger charge is 2.34. The van der Waals surface area contributed by atoms with Crippen LogP contribution in [0.25, 0.3) is 0 Å². The van der Waals surface area contributed by atoms with Crippen LogP contribution < -0.4 is 9.47 Å². The Labute approximate surface area is 109 Å². The maximum Gasteiger partial charge on any atom is 0.161 e. The summed E-state index contributed by atoms with van der Waals surface area (Å²) in [4.78, 5) is 0. The summed E-state index contributed by atoms with van der Waals surface area (Å²) in [7, 11) is 3.24. The number of aliphatic hydroxyl groups excluding tert-OH is 1. The number of hydrogen-bond donors (Lipinski definition) is 1. The van der Waals surface area contributed by atoms with Crippen molar-refractivity contribution < 1.29 is 14.6 Å². The minimum atomic E-state index is -0.419. The van der Waals surface area contributed by atoms with Gasteiger partial charge in [0.2, 0.25) is 0 Å². The molecule has 0 aromatic heterocycles. The number of benzene rings is 1. The molecule has 0 bridgehead atoms. The van der Waals surface area contributed by atoms with Crippen molar-refractivity contribution in [1.82, 2.24) is 0 Å². The van der Waals surface area contributed by atoms with E-state index in [0.29, 0.717) is 23.3 Å². The van der Waals surface area contributed by atoms with Crippen molar-refractivity contribution in [3.8, 4) is 11.5 Å². The quantitative estimate of drug-likeness (QED) is 0.872. The molecule has 3 heteroatoms. The second kappa shape index (κ2) is 5.19. The van der Waals surface area contributed by atoms with Crippen molar-refractivity contribution in [1.29, 1.82) is 0 Å². The van der Waals surface area contributed by atoms with Gasteiger partial charge >= 0.3 is 0 Å². The molecular weight excluding hydrogens is 228 g/mol. The van der Waals surface area contributed by atoms with E-state index >= 15 is 0 Å². The van der Waals surface area contributed by atoms with Crippen LogP contribution >= 0.6 is 0 Å². The first-order chi connectivity index (χ1) is 8.58. The van der Waals surface area contributed by atoms with Crippen LogP contribution in [0.2, 0.25) is 0 Å². The van der Waals surface area contributed by atoms with Gasteiger partial charge in [0.25, 0.3) is 0 Å². The van der Waals surface area contributed by atoms with Crippen LogP contribution in [0, 0.1) is 18.8 Å². The van der Waals surface area contributed by atoms with Crippen LogP contribution in [0.3, 0.4) is 0 Å². The summed E-state index contributed by atoms with van der Waals surface area (Å²) in [5, 5.41) is 10.5. The van der Waals surface area contributed by atoms with Crippen molar-refractivity contribution in [3.05, 3.63) is 23.3 Å². The first kappa shape index (κ1) is 13.2. The minimum Gasteiger partial charge on any atom is -0.493 e. The molecule has 18 heavy (non-hydrogen) atoms. The van der Waals surface area contributed by atoms with Gasteiger partial charge < -0.3 is 14.6 Å². The Morgan fingerprint density at radius 2 is 1.72 bits per heavy atom. The number of aliphatic hydroxyl groups is 1. The summed E-state index contributed by atoms with van der Waals surface area (Å²) in [5.74, 6) is 2.37. The van der Waals surface area contributed by atoms with E-state index in [1.165, 1.54) is 12.8 Å². The lowest BCUT2D eigenvalue weighted by molar-refractivity contribution is 0.105. The average Bonchev–Trinajstić information content (AvgIpc) is 3.20. The van der Waals surface area contributed by atoms with Crippen LogP contribution in [0.5, 0.6) is 11.5 Å². The van der Waals surface area contributed by atoms with E-state index in [-0.39, 0.29) is 0 Å². The maximum atomic E-state index is 10.5. The lowest BCUT2D eigenvalue weighted by atomic mass is 9.90. The van der Waals surface area contributed by atoms with Crippen LogP contribution in [0.15, 0.2) is 12.1 Å². The van der Waals surface area contributed by atoms with E-state index in [1.54, 1.807) is 14.2 Å². The monoisotopic (exact) mass is 250 g/mol. The first-order valence-corrected chi connectivity index (χ1v) is 6.49. The summed E-state index contributed by atoms with van der Waals surface area (Å²) in [5.41, 5.74) is 2.00. The predicted molar refractivity (Wildman–Crippen MR) is 71.1 cm³/mol. The molecule has 100 valence electrons. The molecule has 1 N–H and O–H groups in total. The SMILES string of the molecule is COc1cc(C)c(C(O)C(C)C2CC2)cc1OC. The normalized spacial score (nSPS) is 18.3. The summed E-state index contributed by atoms with van der Waals surface area (Å²) in [6.07, 6.45) is 2.06. The van der Waals surface area contributed by atoms with Crippen molar-refractivity contribution >= 4 is 0 Å². The van der Waals surface area contributed by atoms with Gasteiger partial charge in [-0.1, -0.05) is 6.92 Å². The fourth-order valence-electron chi connectivity index (χ4n) is 2.48. The molecular formula is C15H22O3. The molecule has 1 saturated carbocycles. The topological polar surface area (TPSA) is 38.7 Å². The molecule has 1 aliphatic carbocycles. The Kier molecular flexibility index (Phi) is 3.81. The van der Waals surface area contributed by atoms with Gasteiger partial charge in [-0.05, 0) is 54.9 Å². The van der Waals surface area contributed by atoms with Gasteiger partial charge in [0.1, 0.15) is 0 Å². The lowest BCUT2D eigenvalue weighted by Crippen LogP contribution is -2.12. The molecule has 3 nitrogen and oxygen atoms in total. The minimum absolute atomic E-state index is 0.307. The molecule has 2 rings (SSSR count). The summed E-state index contributed by atoms with van der Waals surface area (Å²) >= 11 is 0. The molecule has 0 aliphatic heterocycles. The van der Waals surface area contributed by atoms with E-state index in [9.17, 15) is 5.11 Å². The lowest BCUT2D eigenvalue weighted by Gasteiger charge is -2.22. The van der Waals surface area contributed by atoms with Gasteiger partial charge in [0, 0.05) is 0 Å². The smallest absolute Gasteiger partial charge is 0.161 e. The third-order valence-corrected chi connectivity index (χ3v) is 3.95. The highest BCUT2D eigenvalue weighted by molar-refractivity contribution is 5.47. The van der Waals surface area contributed by atoms with Gasteiger partial charge in [-0.2, -0.15) is 0 Å². The third kappa shape index (κ3) is 2.46. The van der Waals surface area contributed by atoms with E-state index in [1.807, 2.05) is 19.1 Å². The summed E-state index contributed by atoms with van der Waals surface area (Å²) in [6, 6.07) is 3.83. The Morgan fingerprint density at radius 1 is 1.17 bits per heavy atom. The zero-order valence-electron chi connectivity index (χ0n) is 11.6. The van der Waals surface area contributed by atoms with Gasteiger partial charge in [-0.15, -0.1) is 0 Å². The zero-order chi connectivity index (χ0) is 13.3. The van der Waals surface area contributed by atoms with Crippen molar-refractivity contribution in [3.63, 3.8) is 0 Å². The number of aryl methyl sites for hydroxylation is 1. The summed E-state index contributed by atoms with van der Waals surface area (Å²) < 4.78 is 10.6. The van der Waals surface area contributed by atoms with E-state index in [4.69, 9.17) is 9.47 Å². The van der Waals surface area contributed by atoms with Crippen molar-refractivity contribution in [2.75, 3.05) is 14.2 Å². The molecule has 1 aromatic carbocycles. The molecule has 2 atom stereocenters. The molecule has 2 unspecified atom stereocenters. The first-order valence-electron chi connectivity index (χ1n) is 6.49. The molecule has 1 aromatic rings. The second-order valence-corrected chi connectivity index (χ2v) is 5.21. The fraction of sp³-hybridized carbons (Fsp3) is 0.600. The van der Waals surface area contributed by atoms with E-state index in [0.717, 1.165) is 11.1 Å². The Hall–Kier alpha value is -1.22. The molecule has 0 spiro atoms. The van der Waals surface area contributed by atoms with Crippen LogP contribution in [-0.4, -0.2) is 19.3 Å². The molecule has 1 aliphatic rings. The molecule has 1 fully saturated rings. The zero-order valence-corrected chi connectivity index (χ0v) is 11.6. The Balaban J connectivity index is 2.31. The maximum absolute atomic E-state index is 10.5. The number of hydrogen-bond acceptors (Lipinski definition) is 3. The standard InChI is InChI=1S/C15H22O3/c1-9-7-13(17-3)14(18-4)8-12(9)15(16)10(2)11-5-6-11/h7-8,10-11,15-16H,5-6H2,1-4H3. The molecule has 0 amide bonds. The van der Waals surface area contributed by atoms with Crippen LogP contribution in [0.1, 0.15) is 37.0 Å². The molecule has 0 heterocycles. The highest BCUT2D eigenvalue weighted by atomic mass is 16.5. The summed E-state index contributed by atoms with van der Waals surface area (Å²) in [6.45, 7) is 4.12. The average molecular weight is 250 g/mol. The van der Waals surface area contributed by atoms with Crippen LogP contribution in [0.4, 0.5) is 0 Å². The van der Waals surface area contributed by atoms with E-state index in [2.05, 4.69) is 6.92 Å². The predicted octanol–water partition coefficient (Wildman–Crippen LogP) is 3.09. The van der Waals surface area contributed by atoms with Gasteiger partial charge in [-0.3, -0.25) is 0 Å². The Morgan fingerprint density at radius 3 is 2.22 bits per heavy atom. The largest absolute Gasteiger partial charge is 0.493 e.